The zero-order valence-electron chi connectivity index (χ0n) is 26.8. The molecule has 0 aromatic heterocycles. The van der Waals surface area contributed by atoms with Crippen LogP contribution in [-0.4, -0.2) is 73.3 Å². The van der Waals surface area contributed by atoms with Crippen LogP contribution >= 0.6 is 0 Å². The second kappa shape index (κ2) is 10.2. The fraction of sp³-hybridized carbons (Fsp3) is 0.758. The van der Waals surface area contributed by atoms with Gasteiger partial charge in [-0.1, -0.05) is 46.8 Å². The Morgan fingerprint density at radius 2 is 1.64 bits per heavy atom. The molecule has 1 heterocycles. The molecule has 42 heavy (non-hydrogen) atoms. The van der Waals surface area contributed by atoms with Crippen LogP contribution in [0.2, 0.25) is 18.1 Å². The molecule has 4 aliphatic rings. The van der Waals surface area contributed by atoms with E-state index in [-0.39, 0.29) is 23.8 Å². The standard InChI is InChI=1S/C33H50O8Si/c1-29(2,3)42(8,9)41-23-15-16-32(19-40-32)26-24(34)27(35)33(37)17-14-22(30(33,4)5)25(28(36)31(23,26)6)39-18-20-10-12-21(38-7)13-11-20/h10-13,22-26,34,37H,14-19H2,1-9H3/t22-,23+,24+,25-,26+,31-,32-,33+/m1/s1. The summed E-state index contributed by atoms with van der Waals surface area (Å²) in [6, 6.07) is 7.52. The number of carbonyl (C=O) groups is 2. The highest BCUT2D eigenvalue weighted by atomic mass is 28.4. The number of carbonyl (C=O) groups excluding carboxylic acids is 2. The number of Topliss-reactive ketones (excluding diaryl/α,β-unsaturated/α-hetero) is 2. The van der Waals surface area contributed by atoms with Crippen molar-refractivity contribution in [3.05, 3.63) is 29.8 Å². The SMILES string of the molecule is COc1ccc(CO[C@H]2C(=O)[C@]3(C)[C@@H](O[Si](C)(C)C(C)(C)C)CC[C@@]4(CO4)[C@H]3[C@H](O)C(=O)[C@@]3(O)CC[C@H]2C3(C)C)cc1. The predicted molar refractivity (Wildman–Crippen MR) is 161 cm³/mol. The summed E-state index contributed by atoms with van der Waals surface area (Å²) in [5.41, 5.74) is -4.01. The van der Waals surface area contributed by atoms with Crippen molar-refractivity contribution in [2.75, 3.05) is 13.7 Å². The number of rotatable bonds is 6. The number of hydrogen-bond donors (Lipinski definition) is 2. The second-order valence-electron chi connectivity index (χ2n) is 15.5. The first kappa shape index (κ1) is 31.8. The van der Waals surface area contributed by atoms with Crippen molar-refractivity contribution in [2.45, 2.75) is 121 Å². The monoisotopic (exact) mass is 602 g/mol. The normalized spacial score (nSPS) is 39.8. The van der Waals surface area contributed by atoms with Gasteiger partial charge in [0.05, 0.1) is 37.4 Å². The van der Waals surface area contributed by atoms with Gasteiger partial charge in [0.15, 0.2) is 19.9 Å². The maximum atomic E-state index is 15.3. The number of methoxy groups -OCH3 is 1. The first-order valence-electron chi connectivity index (χ1n) is 15.4. The van der Waals surface area contributed by atoms with E-state index in [1.807, 2.05) is 45.0 Å². The summed E-state index contributed by atoms with van der Waals surface area (Å²) in [4.78, 5) is 29.5. The maximum Gasteiger partial charge on any atom is 0.193 e. The summed E-state index contributed by atoms with van der Waals surface area (Å²) in [5, 5.41) is 23.9. The number of ketones is 2. The molecule has 1 aromatic carbocycles. The van der Waals surface area contributed by atoms with Crippen LogP contribution < -0.4 is 4.74 Å². The van der Waals surface area contributed by atoms with Gasteiger partial charge in [0, 0.05) is 17.3 Å². The van der Waals surface area contributed by atoms with E-state index in [1.54, 1.807) is 7.11 Å². The molecule has 0 amide bonds. The maximum absolute atomic E-state index is 15.3. The molecule has 4 fully saturated rings. The van der Waals surface area contributed by atoms with Gasteiger partial charge in [-0.05, 0) is 68.4 Å². The lowest BCUT2D eigenvalue weighted by molar-refractivity contribution is -0.177. The zero-order chi connectivity index (χ0) is 31.1. The van der Waals surface area contributed by atoms with Crippen LogP contribution in [0.3, 0.4) is 0 Å². The molecule has 2 N–H and O–H groups in total. The Balaban J connectivity index is 1.63. The molecule has 1 spiro atoms. The van der Waals surface area contributed by atoms with E-state index >= 15 is 4.79 Å². The van der Waals surface area contributed by atoms with Gasteiger partial charge in [0.25, 0.3) is 0 Å². The highest BCUT2D eigenvalue weighted by Crippen LogP contribution is 2.63. The predicted octanol–water partition coefficient (Wildman–Crippen LogP) is 4.84. The highest BCUT2D eigenvalue weighted by Gasteiger charge is 2.74. The van der Waals surface area contributed by atoms with Crippen LogP contribution in [0.15, 0.2) is 24.3 Å². The summed E-state index contributed by atoms with van der Waals surface area (Å²) in [6.45, 7) is 16.9. The number of fused-ring (bicyclic) bond motifs is 4. The smallest absolute Gasteiger partial charge is 0.193 e. The van der Waals surface area contributed by atoms with E-state index in [9.17, 15) is 15.0 Å². The van der Waals surface area contributed by atoms with Gasteiger partial charge < -0.3 is 28.8 Å². The lowest BCUT2D eigenvalue weighted by Crippen LogP contribution is -2.66. The Labute approximate surface area is 251 Å². The van der Waals surface area contributed by atoms with Crippen molar-refractivity contribution < 1.29 is 38.4 Å². The minimum atomic E-state index is -2.38. The molecule has 1 saturated heterocycles. The van der Waals surface area contributed by atoms with Gasteiger partial charge in [0.1, 0.15) is 23.6 Å². The average molecular weight is 603 g/mol. The van der Waals surface area contributed by atoms with Crippen LogP contribution in [0.1, 0.15) is 72.8 Å². The number of benzene rings is 1. The molecule has 5 rings (SSSR count). The van der Waals surface area contributed by atoms with Crippen LogP contribution in [0.25, 0.3) is 0 Å². The van der Waals surface area contributed by atoms with Gasteiger partial charge in [0.2, 0.25) is 0 Å². The molecule has 0 radical (unpaired) electrons. The van der Waals surface area contributed by atoms with Crippen LogP contribution in [-0.2, 0) is 30.1 Å². The lowest BCUT2D eigenvalue weighted by atomic mass is 9.55. The Hall–Kier alpha value is -1.62. The summed E-state index contributed by atoms with van der Waals surface area (Å²) >= 11 is 0. The molecule has 0 unspecified atom stereocenters. The number of epoxide rings is 1. The minimum absolute atomic E-state index is 0.111. The van der Waals surface area contributed by atoms with Crippen molar-refractivity contribution in [1.82, 2.24) is 0 Å². The Morgan fingerprint density at radius 3 is 2.19 bits per heavy atom. The molecule has 3 aliphatic carbocycles. The molecule has 1 aliphatic heterocycles. The lowest BCUT2D eigenvalue weighted by Gasteiger charge is -2.54. The number of aliphatic hydroxyl groups is 2. The summed E-state index contributed by atoms with van der Waals surface area (Å²) in [6.07, 6.45) is -1.27. The van der Waals surface area contributed by atoms with Crippen LogP contribution in [0.5, 0.6) is 5.75 Å². The van der Waals surface area contributed by atoms with E-state index in [1.165, 1.54) is 0 Å². The first-order chi connectivity index (χ1) is 19.4. The Bertz CT molecular complexity index is 1220. The number of ether oxygens (including phenoxy) is 3. The third-order valence-electron chi connectivity index (χ3n) is 12.0. The largest absolute Gasteiger partial charge is 0.497 e. The van der Waals surface area contributed by atoms with Gasteiger partial charge in [-0.15, -0.1) is 0 Å². The molecule has 3 saturated carbocycles. The fourth-order valence-corrected chi connectivity index (χ4v) is 9.37. The van der Waals surface area contributed by atoms with Crippen molar-refractivity contribution in [2.24, 2.45) is 22.7 Å². The van der Waals surface area contributed by atoms with E-state index in [4.69, 9.17) is 18.6 Å². The first-order valence-corrected chi connectivity index (χ1v) is 18.3. The van der Waals surface area contributed by atoms with Crippen LogP contribution in [0.4, 0.5) is 0 Å². The Kier molecular flexibility index (Phi) is 7.73. The van der Waals surface area contributed by atoms with Gasteiger partial charge in [-0.2, -0.15) is 0 Å². The highest BCUT2D eigenvalue weighted by molar-refractivity contribution is 6.74. The number of aliphatic hydroxyl groups excluding tert-OH is 1. The van der Waals surface area contributed by atoms with Crippen LogP contribution in [0, 0.1) is 22.7 Å². The van der Waals surface area contributed by atoms with E-state index in [0.29, 0.717) is 25.9 Å². The van der Waals surface area contributed by atoms with Crippen molar-refractivity contribution in [3.8, 4) is 5.75 Å². The van der Waals surface area contributed by atoms with E-state index < -0.39 is 66.3 Å². The van der Waals surface area contributed by atoms with Crippen molar-refractivity contribution in [3.63, 3.8) is 0 Å². The molecule has 1 aromatic rings. The molecular weight excluding hydrogens is 552 g/mol. The van der Waals surface area contributed by atoms with Crippen molar-refractivity contribution in [1.29, 1.82) is 0 Å². The second-order valence-corrected chi connectivity index (χ2v) is 20.3. The summed E-state index contributed by atoms with van der Waals surface area (Å²) < 4.78 is 25.0. The minimum Gasteiger partial charge on any atom is -0.497 e. The van der Waals surface area contributed by atoms with Gasteiger partial charge >= 0.3 is 0 Å². The number of hydrogen-bond acceptors (Lipinski definition) is 8. The fourth-order valence-electron chi connectivity index (χ4n) is 7.94. The van der Waals surface area contributed by atoms with E-state index in [0.717, 1.165) is 11.3 Å². The van der Waals surface area contributed by atoms with E-state index in [2.05, 4.69) is 33.9 Å². The van der Waals surface area contributed by atoms with Crippen molar-refractivity contribution >= 4 is 19.9 Å². The zero-order valence-corrected chi connectivity index (χ0v) is 27.8. The summed E-state index contributed by atoms with van der Waals surface area (Å²) in [7, 11) is -0.764. The van der Waals surface area contributed by atoms with Gasteiger partial charge in [-0.25, -0.2) is 0 Å². The molecule has 2 bridgehead atoms. The summed E-state index contributed by atoms with van der Waals surface area (Å²) in [5.74, 6) is -1.36. The average Bonchev–Trinajstić information content (AvgIpc) is 3.64. The quantitative estimate of drug-likeness (QED) is 0.351. The Morgan fingerprint density at radius 1 is 1.02 bits per heavy atom. The topological polar surface area (TPSA) is 115 Å². The molecule has 234 valence electrons. The molecular formula is C33H50O8Si. The molecule has 8 atom stereocenters. The molecule has 8 nitrogen and oxygen atoms in total. The third-order valence-corrected chi connectivity index (χ3v) is 16.5. The van der Waals surface area contributed by atoms with Gasteiger partial charge in [-0.3, -0.25) is 9.59 Å². The third kappa shape index (κ3) is 4.65. The molecule has 9 heteroatoms.